The highest BCUT2D eigenvalue weighted by Crippen LogP contribution is 2.18. The molecule has 0 bridgehead atoms. The summed E-state index contributed by atoms with van der Waals surface area (Å²) in [5.41, 5.74) is 1.89. The van der Waals surface area contributed by atoms with Gasteiger partial charge < -0.3 is 14.5 Å². The Morgan fingerprint density at radius 3 is 3.00 bits per heavy atom. The first-order valence-corrected chi connectivity index (χ1v) is 7.22. The van der Waals surface area contributed by atoms with Crippen LogP contribution in [0, 0.1) is 5.82 Å². The van der Waals surface area contributed by atoms with Crippen molar-refractivity contribution in [3.8, 4) is 5.75 Å². The number of ether oxygens (including phenoxy) is 1. The normalized spacial score (nSPS) is 10.7. The van der Waals surface area contributed by atoms with Gasteiger partial charge in [0.25, 0.3) is 5.91 Å². The van der Waals surface area contributed by atoms with E-state index in [9.17, 15) is 9.18 Å². The molecule has 2 heterocycles. The molecule has 0 fully saturated rings. The number of nitrogens with one attached hydrogen (secondary N) is 1. The van der Waals surface area contributed by atoms with Crippen molar-refractivity contribution in [1.82, 2.24) is 14.7 Å². The van der Waals surface area contributed by atoms with Gasteiger partial charge in [-0.15, -0.1) is 0 Å². The molecule has 1 N–H and O–H groups in total. The minimum absolute atomic E-state index is 0.300. The minimum Gasteiger partial charge on any atom is -0.493 e. The van der Waals surface area contributed by atoms with Crippen molar-refractivity contribution in [2.24, 2.45) is 0 Å². The number of rotatable bonds is 5. The van der Waals surface area contributed by atoms with Crippen molar-refractivity contribution in [3.05, 3.63) is 65.9 Å². The SMILES string of the molecule is COc1cccn2cc(CCNC(=O)c3cccc(F)c3)nc12. The summed E-state index contributed by atoms with van der Waals surface area (Å²) < 4.78 is 20.2. The van der Waals surface area contributed by atoms with Crippen LogP contribution < -0.4 is 10.1 Å². The Bertz CT molecular complexity index is 845. The zero-order valence-electron chi connectivity index (χ0n) is 12.6. The molecule has 1 aromatic carbocycles. The summed E-state index contributed by atoms with van der Waals surface area (Å²) >= 11 is 0. The molecule has 6 heteroatoms. The molecule has 0 atom stereocenters. The van der Waals surface area contributed by atoms with Crippen LogP contribution in [0.25, 0.3) is 5.65 Å². The molecular formula is C17H16FN3O2. The maximum atomic E-state index is 13.1. The van der Waals surface area contributed by atoms with Crippen molar-refractivity contribution in [3.63, 3.8) is 0 Å². The van der Waals surface area contributed by atoms with Crippen LogP contribution in [-0.4, -0.2) is 28.9 Å². The average Bonchev–Trinajstić information content (AvgIpc) is 2.97. The predicted octanol–water partition coefficient (Wildman–Crippen LogP) is 2.45. The van der Waals surface area contributed by atoms with Gasteiger partial charge in [-0.1, -0.05) is 6.07 Å². The number of hydrogen-bond donors (Lipinski definition) is 1. The van der Waals surface area contributed by atoms with Crippen LogP contribution in [0.3, 0.4) is 0 Å². The van der Waals surface area contributed by atoms with E-state index in [1.54, 1.807) is 13.2 Å². The van der Waals surface area contributed by atoms with Crippen molar-refractivity contribution in [1.29, 1.82) is 0 Å². The molecule has 118 valence electrons. The topological polar surface area (TPSA) is 55.6 Å². The first-order chi connectivity index (χ1) is 11.2. The van der Waals surface area contributed by atoms with E-state index < -0.39 is 5.82 Å². The second-order valence-corrected chi connectivity index (χ2v) is 5.06. The number of nitrogens with zero attached hydrogens (tertiary/aromatic N) is 2. The maximum Gasteiger partial charge on any atom is 0.251 e. The highest BCUT2D eigenvalue weighted by atomic mass is 19.1. The van der Waals surface area contributed by atoms with E-state index >= 15 is 0 Å². The Hall–Kier alpha value is -2.89. The summed E-state index contributed by atoms with van der Waals surface area (Å²) in [5.74, 6) is -0.0292. The molecule has 1 amide bonds. The lowest BCUT2D eigenvalue weighted by Gasteiger charge is -2.03. The second kappa shape index (κ2) is 6.48. The standard InChI is InChI=1S/C17H16FN3O2/c1-23-15-6-3-9-21-11-14(20-16(15)21)7-8-19-17(22)12-4-2-5-13(18)10-12/h2-6,9-11H,7-8H2,1H3,(H,19,22). The van der Waals surface area contributed by atoms with Gasteiger partial charge in [-0.25, -0.2) is 9.37 Å². The third-order valence-electron chi connectivity index (χ3n) is 3.47. The summed E-state index contributed by atoms with van der Waals surface area (Å²) in [6.45, 7) is 0.418. The van der Waals surface area contributed by atoms with Gasteiger partial charge in [-0.05, 0) is 30.3 Å². The van der Waals surface area contributed by atoms with Crippen LogP contribution in [0.5, 0.6) is 5.75 Å². The number of fused-ring (bicyclic) bond motifs is 1. The third kappa shape index (κ3) is 3.31. The lowest BCUT2D eigenvalue weighted by Crippen LogP contribution is -2.25. The van der Waals surface area contributed by atoms with E-state index in [1.165, 1.54) is 18.2 Å². The predicted molar refractivity (Wildman–Crippen MR) is 84.2 cm³/mol. The zero-order chi connectivity index (χ0) is 16.2. The van der Waals surface area contributed by atoms with E-state index in [2.05, 4.69) is 10.3 Å². The number of carbonyl (C=O) groups is 1. The van der Waals surface area contributed by atoms with Gasteiger partial charge in [0.1, 0.15) is 5.82 Å². The molecule has 0 radical (unpaired) electrons. The van der Waals surface area contributed by atoms with Crippen molar-refractivity contribution in [2.45, 2.75) is 6.42 Å². The highest BCUT2D eigenvalue weighted by Gasteiger charge is 2.08. The Labute approximate surface area is 132 Å². The molecule has 0 saturated carbocycles. The Morgan fingerprint density at radius 1 is 1.35 bits per heavy atom. The van der Waals surface area contributed by atoms with Crippen LogP contribution in [0.15, 0.2) is 48.8 Å². The van der Waals surface area contributed by atoms with Crippen LogP contribution >= 0.6 is 0 Å². The minimum atomic E-state index is -0.426. The van der Waals surface area contributed by atoms with Crippen LogP contribution in [0.2, 0.25) is 0 Å². The molecule has 23 heavy (non-hydrogen) atoms. The summed E-state index contributed by atoms with van der Waals surface area (Å²) in [5, 5.41) is 2.76. The number of aromatic nitrogens is 2. The average molecular weight is 313 g/mol. The fourth-order valence-electron chi connectivity index (χ4n) is 2.35. The molecule has 3 rings (SSSR count). The fourth-order valence-corrected chi connectivity index (χ4v) is 2.35. The number of carbonyl (C=O) groups excluding carboxylic acids is 1. The van der Waals surface area contributed by atoms with E-state index in [-0.39, 0.29) is 5.91 Å². The van der Waals surface area contributed by atoms with Gasteiger partial charge in [0.2, 0.25) is 0 Å². The number of imidazole rings is 1. The van der Waals surface area contributed by atoms with Gasteiger partial charge in [-0.3, -0.25) is 4.79 Å². The first-order valence-electron chi connectivity index (χ1n) is 7.22. The number of halogens is 1. The van der Waals surface area contributed by atoms with Gasteiger partial charge in [0, 0.05) is 30.9 Å². The fraction of sp³-hybridized carbons (Fsp3) is 0.176. The van der Waals surface area contributed by atoms with Crippen LogP contribution in [-0.2, 0) is 6.42 Å². The highest BCUT2D eigenvalue weighted by molar-refractivity contribution is 5.94. The van der Waals surface area contributed by atoms with Gasteiger partial charge in [0.05, 0.1) is 12.8 Å². The van der Waals surface area contributed by atoms with E-state index in [4.69, 9.17) is 4.74 Å². The van der Waals surface area contributed by atoms with Crippen LogP contribution in [0.4, 0.5) is 4.39 Å². The van der Waals surface area contributed by atoms with Crippen molar-refractivity contribution < 1.29 is 13.9 Å². The molecule has 2 aromatic heterocycles. The Kier molecular flexibility index (Phi) is 4.23. The lowest BCUT2D eigenvalue weighted by molar-refractivity contribution is 0.0953. The van der Waals surface area contributed by atoms with Gasteiger partial charge >= 0.3 is 0 Å². The molecule has 0 unspecified atom stereocenters. The maximum absolute atomic E-state index is 13.1. The molecule has 0 aliphatic carbocycles. The first kappa shape index (κ1) is 15.0. The van der Waals surface area contributed by atoms with Crippen LogP contribution in [0.1, 0.15) is 16.1 Å². The Balaban J connectivity index is 1.64. The smallest absolute Gasteiger partial charge is 0.251 e. The summed E-state index contributed by atoms with van der Waals surface area (Å²) in [7, 11) is 1.60. The van der Waals surface area contributed by atoms with E-state index in [0.29, 0.717) is 24.3 Å². The van der Waals surface area contributed by atoms with E-state index in [1.807, 2.05) is 28.9 Å². The molecule has 5 nitrogen and oxygen atoms in total. The molecule has 0 saturated heterocycles. The number of pyridine rings is 1. The number of amides is 1. The monoisotopic (exact) mass is 313 g/mol. The lowest BCUT2D eigenvalue weighted by atomic mass is 10.2. The summed E-state index contributed by atoms with van der Waals surface area (Å²) in [6.07, 6.45) is 4.36. The molecule has 0 spiro atoms. The largest absolute Gasteiger partial charge is 0.493 e. The number of methoxy groups -OCH3 is 1. The third-order valence-corrected chi connectivity index (χ3v) is 3.47. The molecule has 0 aliphatic heterocycles. The Morgan fingerprint density at radius 2 is 2.22 bits per heavy atom. The molecule has 3 aromatic rings. The number of benzene rings is 1. The number of hydrogen-bond acceptors (Lipinski definition) is 3. The zero-order valence-corrected chi connectivity index (χ0v) is 12.6. The summed E-state index contributed by atoms with van der Waals surface area (Å²) in [6, 6.07) is 9.33. The summed E-state index contributed by atoms with van der Waals surface area (Å²) in [4.78, 5) is 16.4. The van der Waals surface area contributed by atoms with Gasteiger partial charge in [0.15, 0.2) is 11.4 Å². The van der Waals surface area contributed by atoms with Gasteiger partial charge in [-0.2, -0.15) is 0 Å². The quantitative estimate of drug-likeness (QED) is 0.787. The second-order valence-electron chi connectivity index (χ2n) is 5.06. The molecular weight excluding hydrogens is 297 g/mol. The van der Waals surface area contributed by atoms with E-state index in [0.717, 1.165) is 11.3 Å². The van der Waals surface area contributed by atoms with Crippen molar-refractivity contribution >= 4 is 11.6 Å². The molecule has 0 aliphatic rings. The van der Waals surface area contributed by atoms with Crippen molar-refractivity contribution in [2.75, 3.05) is 13.7 Å².